The first-order valence-electron chi connectivity index (χ1n) is 18.7. The van der Waals surface area contributed by atoms with Crippen LogP contribution in [0.15, 0.2) is 0 Å². The van der Waals surface area contributed by atoms with Crippen LogP contribution in [-0.4, -0.2) is 30.4 Å². The molecule has 0 heterocycles. The first-order chi connectivity index (χ1) is 20.9. The van der Waals surface area contributed by atoms with E-state index in [0.29, 0.717) is 18.9 Å². The maximum absolute atomic E-state index is 13.1. The molecule has 0 spiro atoms. The number of hydrogen-bond acceptors (Lipinski definition) is 4. The van der Waals surface area contributed by atoms with E-state index in [4.69, 9.17) is 10.5 Å². The molecule has 43 heavy (non-hydrogen) atoms. The molecule has 0 radical (unpaired) electrons. The van der Waals surface area contributed by atoms with Gasteiger partial charge in [0.25, 0.3) is 0 Å². The quantitative estimate of drug-likeness (QED) is 0.0572. The summed E-state index contributed by atoms with van der Waals surface area (Å²) in [5.74, 6) is -0.686. The molecule has 0 aliphatic heterocycles. The van der Waals surface area contributed by atoms with Crippen LogP contribution in [0.5, 0.6) is 0 Å². The molecule has 3 N–H and O–H groups in total. The monoisotopic (exact) mass is 609 g/mol. The first kappa shape index (κ1) is 41.4. The van der Waals surface area contributed by atoms with Gasteiger partial charge in [0, 0.05) is 12.8 Å². The molecule has 0 aromatic rings. The Kier molecular flexibility index (Phi) is 30.6. The number of hydrogen-bond donors (Lipinski definition) is 2. The number of carbonyl (C=O) groups is 3. The molecule has 254 valence electrons. The lowest BCUT2D eigenvalue weighted by Gasteiger charge is -2.21. The molecule has 0 aliphatic rings. The number of ether oxygens (including phenoxy) is 1. The second-order valence-electron chi connectivity index (χ2n) is 13.0. The summed E-state index contributed by atoms with van der Waals surface area (Å²) in [4.78, 5) is 37.2. The van der Waals surface area contributed by atoms with Crippen LogP contribution in [0.25, 0.3) is 0 Å². The Morgan fingerprint density at radius 2 is 0.930 bits per heavy atom. The predicted molar refractivity (Wildman–Crippen MR) is 182 cm³/mol. The molecule has 0 bridgehead atoms. The fourth-order valence-electron chi connectivity index (χ4n) is 5.79. The van der Waals surface area contributed by atoms with Gasteiger partial charge < -0.3 is 15.8 Å². The highest BCUT2D eigenvalue weighted by atomic mass is 16.5. The van der Waals surface area contributed by atoms with E-state index in [1.165, 1.54) is 128 Å². The summed E-state index contributed by atoms with van der Waals surface area (Å²) >= 11 is 0. The van der Waals surface area contributed by atoms with Crippen LogP contribution in [0.3, 0.4) is 0 Å². The van der Waals surface area contributed by atoms with E-state index < -0.39 is 17.9 Å². The van der Waals surface area contributed by atoms with Gasteiger partial charge in [-0.25, -0.2) is 4.79 Å². The Bertz CT molecular complexity index is 655. The lowest BCUT2D eigenvalue weighted by molar-refractivity contribution is -0.149. The summed E-state index contributed by atoms with van der Waals surface area (Å²) in [6, 6.07) is -0.809. The Morgan fingerprint density at radius 1 is 0.535 bits per heavy atom. The van der Waals surface area contributed by atoms with Crippen LogP contribution >= 0.6 is 0 Å². The second-order valence-corrected chi connectivity index (χ2v) is 13.0. The Balaban J connectivity index is 4.66. The van der Waals surface area contributed by atoms with Gasteiger partial charge in [0.15, 0.2) is 0 Å². The predicted octanol–water partition coefficient (Wildman–Crippen LogP) is 10.1. The maximum Gasteiger partial charge on any atom is 0.328 e. The number of primary amides is 1. The molecule has 0 rings (SSSR count). The minimum Gasteiger partial charge on any atom is -0.464 e. The summed E-state index contributed by atoms with van der Waals surface area (Å²) in [6.07, 6.45) is 31.3. The van der Waals surface area contributed by atoms with Crippen molar-refractivity contribution in [1.29, 1.82) is 0 Å². The van der Waals surface area contributed by atoms with Crippen molar-refractivity contribution in [3.05, 3.63) is 0 Å². The van der Waals surface area contributed by atoms with Crippen molar-refractivity contribution in [3.8, 4) is 0 Å². The standard InChI is InChI=1S/C37H72N2O4/c1-4-7-10-13-16-18-20-23-26-29-36(41)39-34(30-31-35(38)40)37(42)43-32-33(27-24-21-15-12-9-6-3)28-25-22-19-17-14-11-8-5-2/h33-34H,4-32H2,1-3H3,(H2,38,40)(H,39,41)/t33?,34-/m0/s1. The lowest BCUT2D eigenvalue weighted by Crippen LogP contribution is -2.42. The Morgan fingerprint density at radius 3 is 1.35 bits per heavy atom. The number of unbranched alkanes of at least 4 members (excludes halogenated alkanes) is 20. The summed E-state index contributed by atoms with van der Waals surface area (Å²) in [7, 11) is 0. The number of nitrogens with two attached hydrogens (primary N) is 1. The van der Waals surface area contributed by atoms with E-state index in [0.717, 1.165) is 32.1 Å². The fraction of sp³-hybridized carbons (Fsp3) is 0.919. The van der Waals surface area contributed by atoms with E-state index in [-0.39, 0.29) is 18.7 Å². The third-order valence-corrected chi connectivity index (χ3v) is 8.70. The van der Waals surface area contributed by atoms with Crippen LogP contribution < -0.4 is 11.1 Å². The minimum atomic E-state index is -0.809. The average Bonchev–Trinajstić information content (AvgIpc) is 2.99. The molecule has 0 aliphatic carbocycles. The van der Waals surface area contributed by atoms with Crippen LogP contribution in [0.4, 0.5) is 0 Å². The van der Waals surface area contributed by atoms with E-state index in [1.54, 1.807) is 0 Å². The number of esters is 1. The largest absolute Gasteiger partial charge is 0.464 e. The van der Waals surface area contributed by atoms with E-state index in [9.17, 15) is 14.4 Å². The Hall–Kier alpha value is -1.59. The summed E-state index contributed by atoms with van der Waals surface area (Å²) in [5, 5.41) is 2.85. The zero-order valence-corrected chi connectivity index (χ0v) is 28.9. The Labute approximate surface area is 266 Å². The highest BCUT2D eigenvalue weighted by Gasteiger charge is 2.24. The van der Waals surface area contributed by atoms with Gasteiger partial charge in [-0.05, 0) is 31.6 Å². The summed E-state index contributed by atoms with van der Waals surface area (Å²) < 4.78 is 5.81. The van der Waals surface area contributed by atoms with Crippen molar-refractivity contribution in [2.24, 2.45) is 11.7 Å². The lowest BCUT2D eigenvalue weighted by atomic mass is 9.94. The van der Waals surface area contributed by atoms with E-state index in [1.807, 2.05) is 0 Å². The SMILES string of the molecule is CCCCCCCCCCCC(=O)N[C@@H](CCC(N)=O)C(=O)OCC(CCCCCCCC)CCCCCCCCCC. The van der Waals surface area contributed by atoms with Gasteiger partial charge in [0.05, 0.1) is 6.61 Å². The van der Waals surface area contributed by atoms with Crippen molar-refractivity contribution in [2.45, 2.75) is 207 Å². The molecular formula is C37H72N2O4. The van der Waals surface area contributed by atoms with Gasteiger partial charge in [0.2, 0.25) is 11.8 Å². The number of amides is 2. The molecule has 2 atom stereocenters. The molecule has 6 heteroatoms. The summed E-state index contributed by atoms with van der Waals surface area (Å²) in [5.41, 5.74) is 5.37. The molecular weight excluding hydrogens is 536 g/mol. The fourth-order valence-corrected chi connectivity index (χ4v) is 5.79. The molecule has 0 fully saturated rings. The third-order valence-electron chi connectivity index (χ3n) is 8.70. The van der Waals surface area contributed by atoms with Crippen LogP contribution in [0, 0.1) is 5.92 Å². The maximum atomic E-state index is 13.1. The number of rotatable bonds is 33. The van der Waals surface area contributed by atoms with Gasteiger partial charge in [-0.1, -0.05) is 162 Å². The van der Waals surface area contributed by atoms with Crippen LogP contribution in [0.1, 0.15) is 201 Å². The number of carbonyl (C=O) groups excluding carboxylic acids is 3. The normalized spacial score (nSPS) is 12.6. The first-order valence-corrected chi connectivity index (χ1v) is 18.7. The minimum absolute atomic E-state index is 0.0531. The van der Waals surface area contributed by atoms with Crippen molar-refractivity contribution in [1.82, 2.24) is 5.32 Å². The molecule has 1 unspecified atom stereocenters. The van der Waals surface area contributed by atoms with Crippen molar-refractivity contribution < 1.29 is 19.1 Å². The van der Waals surface area contributed by atoms with Crippen molar-refractivity contribution in [2.75, 3.05) is 6.61 Å². The van der Waals surface area contributed by atoms with Gasteiger partial charge in [-0.3, -0.25) is 9.59 Å². The van der Waals surface area contributed by atoms with Crippen LogP contribution in [0.2, 0.25) is 0 Å². The summed E-state index contributed by atoms with van der Waals surface area (Å²) in [6.45, 7) is 7.12. The van der Waals surface area contributed by atoms with E-state index in [2.05, 4.69) is 26.1 Å². The average molecular weight is 609 g/mol. The topological polar surface area (TPSA) is 98.5 Å². The second kappa shape index (κ2) is 31.8. The molecule has 0 saturated carbocycles. The van der Waals surface area contributed by atoms with E-state index >= 15 is 0 Å². The molecule has 0 aromatic heterocycles. The highest BCUT2D eigenvalue weighted by molar-refractivity contribution is 5.85. The highest BCUT2D eigenvalue weighted by Crippen LogP contribution is 2.21. The molecule has 6 nitrogen and oxygen atoms in total. The zero-order valence-electron chi connectivity index (χ0n) is 28.9. The van der Waals surface area contributed by atoms with Crippen molar-refractivity contribution in [3.63, 3.8) is 0 Å². The van der Waals surface area contributed by atoms with Gasteiger partial charge >= 0.3 is 5.97 Å². The number of nitrogens with one attached hydrogen (secondary N) is 1. The zero-order chi connectivity index (χ0) is 31.8. The van der Waals surface area contributed by atoms with Gasteiger partial charge in [-0.15, -0.1) is 0 Å². The smallest absolute Gasteiger partial charge is 0.328 e. The third kappa shape index (κ3) is 28.9. The van der Waals surface area contributed by atoms with Crippen molar-refractivity contribution >= 4 is 17.8 Å². The molecule has 0 saturated heterocycles. The molecule has 0 aromatic carbocycles. The molecule has 2 amide bonds. The van der Waals surface area contributed by atoms with Gasteiger partial charge in [0.1, 0.15) is 6.04 Å². The van der Waals surface area contributed by atoms with Gasteiger partial charge in [-0.2, -0.15) is 0 Å². The van der Waals surface area contributed by atoms with Crippen LogP contribution in [-0.2, 0) is 19.1 Å².